The van der Waals surface area contributed by atoms with E-state index in [1.165, 1.54) is 5.56 Å². The highest BCUT2D eigenvalue weighted by molar-refractivity contribution is 6.05. The molecule has 0 fully saturated rings. The molecule has 3 heteroatoms. The Labute approximate surface area is 133 Å². The van der Waals surface area contributed by atoms with Crippen LogP contribution in [0.2, 0.25) is 0 Å². The van der Waals surface area contributed by atoms with Crippen molar-refractivity contribution in [2.75, 3.05) is 0 Å². The number of rotatable bonds is 1. The highest BCUT2D eigenvalue weighted by Gasteiger charge is 2.25. The maximum Gasteiger partial charge on any atom is 0.152 e. The number of hydrogen-bond acceptors (Lipinski definition) is 2. The van der Waals surface area contributed by atoms with E-state index < -0.39 is 0 Å². The maximum absolute atomic E-state index is 11.8. The van der Waals surface area contributed by atoms with E-state index in [-0.39, 0.29) is 0 Å². The number of carbonyl (C=O) groups excluding carboxylic acids is 1. The summed E-state index contributed by atoms with van der Waals surface area (Å²) < 4.78 is 2.24. The first-order valence-corrected chi connectivity index (χ1v) is 7.82. The fourth-order valence-corrected chi connectivity index (χ4v) is 3.72. The Bertz CT molecular complexity index is 1090. The van der Waals surface area contributed by atoms with Crippen LogP contribution in [0, 0.1) is 0 Å². The summed E-state index contributed by atoms with van der Waals surface area (Å²) in [6.45, 7) is 0.886. The lowest BCUT2D eigenvalue weighted by Gasteiger charge is -2.20. The molecule has 0 unspecified atom stereocenters. The second kappa shape index (κ2) is 4.53. The topological polar surface area (TPSA) is 34.9 Å². The second-order valence-corrected chi connectivity index (χ2v) is 5.99. The zero-order valence-electron chi connectivity index (χ0n) is 12.5. The Morgan fingerprint density at radius 2 is 1.87 bits per heavy atom. The molecular formula is C20H14N2O. The largest absolute Gasteiger partial charge is 0.338 e. The van der Waals surface area contributed by atoms with E-state index >= 15 is 0 Å². The van der Waals surface area contributed by atoms with Crippen molar-refractivity contribution >= 4 is 28.1 Å². The van der Waals surface area contributed by atoms with Gasteiger partial charge in [0.1, 0.15) is 0 Å². The van der Waals surface area contributed by atoms with Crippen LogP contribution in [0.1, 0.15) is 15.9 Å². The van der Waals surface area contributed by atoms with Crippen LogP contribution in [-0.2, 0) is 13.0 Å². The van der Waals surface area contributed by atoms with Crippen LogP contribution < -0.4 is 0 Å². The van der Waals surface area contributed by atoms with E-state index in [9.17, 15) is 4.79 Å². The van der Waals surface area contributed by atoms with Crippen molar-refractivity contribution in [3.63, 3.8) is 0 Å². The molecule has 23 heavy (non-hydrogen) atoms. The summed E-state index contributed by atoms with van der Waals surface area (Å²) in [5.74, 6) is 0. The third kappa shape index (κ3) is 1.65. The summed E-state index contributed by atoms with van der Waals surface area (Å²) >= 11 is 0. The summed E-state index contributed by atoms with van der Waals surface area (Å²) in [7, 11) is 0. The number of aromatic nitrogens is 2. The van der Waals surface area contributed by atoms with Gasteiger partial charge >= 0.3 is 0 Å². The standard InChI is InChI=1S/C20H14N2O/c23-12-16-15-6-2-4-8-18(15)22-10-9-14-11-13-5-1-3-7-17(13)21-19(14)20(16)22/h1-8,11-12H,9-10H2. The molecule has 0 amide bonds. The first-order chi connectivity index (χ1) is 11.4. The van der Waals surface area contributed by atoms with E-state index in [4.69, 9.17) is 4.98 Å². The Kier molecular flexibility index (Phi) is 2.48. The van der Waals surface area contributed by atoms with Gasteiger partial charge in [-0.1, -0.05) is 36.4 Å². The minimum Gasteiger partial charge on any atom is -0.338 e. The van der Waals surface area contributed by atoms with Crippen LogP contribution >= 0.6 is 0 Å². The number of pyridine rings is 1. The van der Waals surface area contributed by atoms with E-state index in [0.717, 1.165) is 58.0 Å². The molecule has 0 spiro atoms. The van der Waals surface area contributed by atoms with Gasteiger partial charge in [-0.15, -0.1) is 0 Å². The summed E-state index contributed by atoms with van der Waals surface area (Å²) in [6, 6.07) is 18.5. The van der Waals surface area contributed by atoms with Crippen LogP contribution in [0.3, 0.4) is 0 Å². The van der Waals surface area contributed by atoms with Crippen molar-refractivity contribution in [1.29, 1.82) is 0 Å². The number of hydrogen-bond donors (Lipinski definition) is 0. The molecule has 0 bridgehead atoms. The van der Waals surface area contributed by atoms with E-state index in [1.54, 1.807) is 0 Å². The lowest BCUT2D eigenvalue weighted by Crippen LogP contribution is -2.12. The van der Waals surface area contributed by atoms with Crippen LogP contribution in [0.5, 0.6) is 0 Å². The third-order valence-electron chi connectivity index (χ3n) is 4.76. The number of nitrogens with zero attached hydrogens (tertiary/aromatic N) is 2. The number of aldehydes is 1. The van der Waals surface area contributed by atoms with Crippen LogP contribution in [-0.4, -0.2) is 15.8 Å². The molecule has 2 aromatic heterocycles. The van der Waals surface area contributed by atoms with Crippen LogP contribution in [0.25, 0.3) is 33.2 Å². The Morgan fingerprint density at radius 3 is 2.78 bits per heavy atom. The predicted octanol–water partition coefficient (Wildman–Crippen LogP) is 4.23. The maximum atomic E-state index is 11.8. The highest BCUT2D eigenvalue weighted by atomic mass is 16.1. The number of aryl methyl sites for hydroxylation is 2. The zero-order valence-corrected chi connectivity index (χ0v) is 12.5. The number of benzene rings is 2. The number of para-hydroxylation sites is 2. The Balaban J connectivity index is 1.93. The number of fused-ring (bicyclic) bond motifs is 6. The molecule has 1 aliphatic rings. The predicted molar refractivity (Wildman–Crippen MR) is 91.8 cm³/mol. The zero-order chi connectivity index (χ0) is 15.4. The molecule has 0 saturated carbocycles. The smallest absolute Gasteiger partial charge is 0.152 e. The van der Waals surface area contributed by atoms with Crippen LogP contribution in [0.15, 0.2) is 54.6 Å². The Morgan fingerprint density at radius 1 is 1.04 bits per heavy atom. The molecule has 5 rings (SSSR count). The molecule has 0 radical (unpaired) electrons. The third-order valence-corrected chi connectivity index (χ3v) is 4.76. The Hall–Kier alpha value is -2.94. The summed E-state index contributed by atoms with van der Waals surface area (Å²) in [5, 5.41) is 2.17. The second-order valence-electron chi connectivity index (χ2n) is 5.99. The van der Waals surface area contributed by atoms with E-state index in [2.05, 4.69) is 22.8 Å². The molecule has 2 aromatic carbocycles. The average Bonchev–Trinajstić information content (AvgIpc) is 2.94. The van der Waals surface area contributed by atoms with Gasteiger partial charge in [0, 0.05) is 28.4 Å². The van der Waals surface area contributed by atoms with Gasteiger partial charge in [0.25, 0.3) is 0 Å². The van der Waals surface area contributed by atoms with E-state index in [0.29, 0.717) is 0 Å². The lowest BCUT2D eigenvalue weighted by atomic mass is 9.99. The molecule has 110 valence electrons. The van der Waals surface area contributed by atoms with Crippen molar-refractivity contribution in [1.82, 2.24) is 9.55 Å². The average molecular weight is 298 g/mol. The van der Waals surface area contributed by atoms with Gasteiger partial charge in [0.15, 0.2) is 6.29 Å². The molecular weight excluding hydrogens is 284 g/mol. The van der Waals surface area contributed by atoms with Gasteiger partial charge in [0.2, 0.25) is 0 Å². The van der Waals surface area contributed by atoms with Crippen molar-refractivity contribution in [3.8, 4) is 11.4 Å². The molecule has 3 heterocycles. The molecule has 4 aromatic rings. The van der Waals surface area contributed by atoms with Crippen molar-refractivity contribution in [3.05, 3.63) is 65.7 Å². The summed E-state index contributed by atoms with van der Waals surface area (Å²) in [6.07, 6.45) is 1.91. The fourth-order valence-electron chi connectivity index (χ4n) is 3.72. The first kappa shape index (κ1) is 12.6. The van der Waals surface area contributed by atoms with Crippen molar-refractivity contribution < 1.29 is 4.79 Å². The molecule has 3 nitrogen and oxygen atoms in total. The van der Waals surface area contributed by atoms with Crippen molar-refractivity contribution in [2.24, 2.45) is 0 Å². The molecule has 0 atom stereocenters. The summed E-state index contributed by atoms with van der Waals surface area (Å²) in [4.78, 5) is 16.7. The normalized spacial score (nSPS) is 13.0. The first-order valence-electron chi connectivity index (χ1n) is 7.82. The molecule has 0 saturated heterocycles. The molecule has 1 aliphatic heterocycles. The van der Waals surface area contributed by atoms with Gasteiger partial charge in [-0.3, -0.25) is 4.79 Å². The van der Waals surface area contributed by atoms with E-state index in [1.807, 2.05) is 36.4 Å². The fraction of sp³-hybridized carbons (Fsp3) is 0.100. The molecule has 0 aliphatic carbocycles. The van der Waals surface area contributed by atoms with Crippen molar-refractivity contribution in [2.45, 2.75) is 13.0 Å². The van der Waals surface area contributed by atoms with Crippen LogP contribution in [0.4, 0.5) is 0 Å². The number of carbonyl (C=O) groups is 1. The SMILES string of the molecule is O=Cc1c2n(c3ccccc13)CCc1cc3ccccc3nc1-2. The highest BCUT2D eigenvalue weighted by Crippen LogP contribution is 2.38. The van der Waals surface area contributed by atoms with Gasteiger partial charge in [-0.2, -0.15) is 0 Å². The minimum absolute atomic E-state index is 0.754. The minimum atomic E-state index is 0.754. The monoisotopic (exact) mass is 298 g/mol. The molecule has 0 N–H and O–H groups in total. The lowest BCUT2D eigenvalue weighted by molar-refractivity contribution is 0.112. The van der Waals surface area contributed by atoms with Gasteiger partial charge in [-0.25, -0.2) is 4.98 Å². The quantitative estimate of drug-likeness (QED) is 0.493. The van der Waals surface area contributed by atoms with Gasteiger partial charge < -0.3 is 4.57 Å². The van der Waals surface area contributed by atoms with Gasteiger partial charge in [0.05, 0.1) is 16.9 Å². The van der Waals surface area contributed by atoms with Gasteiger partial charge in [-0.05, 0) is 30.2 Å². The summed E-state index contributed by atoms with van der Waals surface area (Å²) in [5.41, 5.74) is 5.99.